The van der Waals surface area contributed by atoms with E-state index in [4.69, 9.17) is 6.42 Å². The predicted molar refractivity (Wildman–Crippen MR) is 121 cm³/mol. The second-order valence-electron chi connectivity index (χ2n) is 8.06. The van der Waals surface area contributed by atoms with Crippen molar-refractivity contribution in [2.24, 2.45) is 12.5 Å². The number of nitrogens with zero attached hydrogens (tertiary/aromatic N) is 4. The molecule has 7 nitrogen and oxygen atoms in total. The first-order chi connectivity index (χ1) is 15.5. The summed E-state index contributed by atoms with van der Waals surface area (Å²) in [5.41, 5.74) is 2.78. The van der Waals surface area contributed by atoms with Gasteiger partial charge in [-0.05, 0) is 36.1 Å². The van der Waals surface area contributed by atoms with Crippen LogP contribution in [-0.4, -0.2) is 51.1 Å². The Balaban J connectivity index is 1.66. The molecule has 1 aliphatic rings. The minimum Gasteiger partial charge on any atom is -0.345 e. The lowest BCUT2D eigenvalue weighted by molar-refractivity contribution is -0.130. The molecule has 2 aromatic heterocycles. The Morgan fingerprint density at radius 2 is 2.03 bits per heavy atom. The van der Waals surface area contributed by atoms with Crippen LogP contribution < -0.4 is 5.32 Å². The van der Waals surface area contributed by atoms with Crippen molar-refractivity contribution in [2.45, 2.75) is 12.8 Å². The van der Waals surface area contributed by atoms with Crippen molar-refractivity contribution in [3.8, 4) is 23.5 Å². The van der Waals surface area contributed by atoms with E-state index in [1.54, 1.807) is 35.1 Å². The predicted octanol–water partition coefficient (Wildman–Crippen LogP) is 2.31. The van der Waals surface area contributed by atoms with E-state index < -0.39 is 5.41 Å². The molecule has 2 amide bonds. The third-order valence-electron chi connectivity index (χ3n) is 6.03. The lowest BCUT2D eigenvalue weighted by Crippen LogP contribution is -2.45. The van der Waals surface area contributed by atoms with E-state index in [9.17, 15) is 9.59 Å². The van der Waals surface area contributed by atoms with Crippen molar-refractivity contribution in [2.75, 3.05) is 19.6 Å². The molecule has 1 N–H and O–H groups in total. The van der Waals surface area contributed by atoms with Crippen molar-refractivity contribution >= 4 is 11.8 Å². The molecule has 0 aliphatic carbocycles. The molecule has 4 rings (SSSR count). The normalized spacial score (nSPS) is 17.7. The fourth-order valence-electron chi connectivity index (χ4n) is 4.36. The third-order valence-corrected chi connectivity index (χ3v) is 6.03. The lowest BCUT2D eigenvalue weighted by Gasteiger charge is -2.29. The topological polar surface area (TPSA) is 80.1 Å². The summed E-state index contributed by atoms with van der Waals surface area (Å²) in [5, 5.41) is 6.95. The molecular weight excluding hydrogens is 402 g/mol. The van der Waals surface area contributed by atoms with E-state index in [1.807, 2.05) is 42.6 Å². The fourth-order valence-corrected chi connectivity index (χ4v) is 4.36. The number of likely N-dealkylation sites (tertiary alicyclic amines) is 1. The SMILES string of the molecule is C#CCNC(=O)[C@]1(Cc2ccccc2-c2cccnc2)CCN(C(=O)c2ccnn2C)C1. The van der Waals surface area contributed by atoms with Gasteiger partial charge in [0.15, 0.2) is 0 Å². The Kier molecular flexibility index (Phi) is 6.04. The van der Waals surface area contributed by atoms with Crippen molar-refractivity contribution in [1.82, 2.24) is 25.0 Å². The van der Waals surface area contributed by atoms with Crippen molar-refractivity contribution in [1.29, 1.82) is 0 Å². The number of benzene rings is 1. The van der Waals surface area contributed by atoms with Crippen LogP contribution in [0.25, 0.3) is 11.1 Å². The largest absolute Gasteiger partial charge is 0.345 e. The van der Waals surface area contributed by atoms with Gasteiger partial charge in [-0.15, -0.1) is 6.42 Å². The Morgan fingerprint density at radius 1 is 1.19 bits per heavy atom. The summed E-state index contributed by atoms with van der Waals surface area (Å²) in [7, 11) is 1.74. The summed E-state index contributed by atoms with van der Waals surface area (Å²) in [6, 6.07) is 13.6. The molecule has 1 atom stereocenters. The summed E-state index contributed by atoms with van der Waals surface area (Å²) in [6.45, 7) is 0.956. The smallest absolute Gasteiger partial charge is 0.272 e. The average Bonchev–Trinajstić information content (AvgIpc) is 3.45. The standard InChI is InChI=1S/C25H25N5O2/c1-3-12-27-24(32)25(11-15-30(18-25)23(31)22-10-14-28-29(22)2)16-19-7-4-5-9-21(19)20-8-6-13-26-17-20/h1,4-10,13-14,17H,11-12,15-16,18H2,2H3,(H,27,32)/t25-/m0/s1. The van der Waals surface area contributed by atoms with E-state index in [0.29, 0.717) is 31.6 Å². The molecule has 0 radical (unpaired) electrons. The minimum absolute atomic E-state index is 0.128. The number of carbonyl (C=O) groups is 2. The Labute approximate surface area is 187 Å². The number of hydrogen-bond donors (Lipinski definition) is 1. The molecule has 1 aliphatic heterocycles. The van der Waals surface area contributed by atoms with Crippen LogP contribution in [0.3, 0.4) is 0 Å². The average molecular weight is 428 g/mol. The van der Waals surface area contributed by atoms with E-state index in [1.165, 1.54) is 0 Å². The molecule has 1 fully saturated rings. The second-order valence-corrected chi connectivity index (χ2v) is 8.06. The zero-order valence-corrected chi connectivity index (χ0v) is 18.0. The summed E-state index contributed by atoms with van der Waals surface area (Å²) in [6.07, 6.45) is 11.6. The van der Waals surface area contributed by atoms with Gasteiger partial charge in [-0.2, -0.15) is 5.10 Å². The van der Waals surface area contributed by atoms with Crippen LogP contribution in [-0.2, 0) is 18.3 Å². The molecule has 3 heterocycles. The fraction of sp³-hybridized carbons (Fsp3) is 0.280. The number of carbonyl (C=O) groups excluding carboxylic acids is 2. The van der Waals surface area contributed by atoms with Crippen LogP contribution >= 0.6 is 0 Å². The van der Waals surface area contributed by atoms with Gasteiger partial charge in [-0.1, -0.05) is 36.3 Å². The van der Waals surface area contributed by atoms with Crippen LogP contribution in [0.5, 0.6) is 0 Å². The maximum Gasteiger partial charge on any atom is 0.272 e. The van der Waals surface area contributed by atoms with Gasteiger partial charge < -0.3 is 10.2 Å². The number of hydrogen-bond acceptors (Lipinski definition) is 4. The summed E-state index contributed by atoms with van der Waals surface area (Å²) in [4.78, 5) is 32.4. The van der Waals surface area contributed by atoms with Gasteiger partial charge in [0.25, 0.3) is 5.91 Å². The molecular formula is C25H25N5O2. The molecule has 1 saturated heterocycles. The van der Waals surface area contributed by atoms with Gasteiger partial charge in [0.05, 0.1) is 12.0 Å². The van der Waals surface area contributed by atoms with Crippen molar-refractivity contribution < 1.29 is 9.59 Å². The van der Waals surface area contributed by atoms with Crippen LogP contribution in [0.1, 0.15) is 22.5 Å². The van der Waals surface area contributed by atoms with E-state index in [0.717, 1.165) is 16.7 Å². The molecule has 0 bridgehead atoms. The van der Waals surface area contributed by atoms with Crippen LogP contribution in [0.4, 0.5) is 0 Å². The highest BCUT2D eigenvalue weighted by Gasteiger charge is 2.46. The molecule has 3 aromatic rings. The molecule has 162 valence electrons. The first-order valence-corrected chi connectivity index (χ1v) is 10.5. The van der Waals surface area contributed by atoms with E-state index in [2.05, 4.69) is 21.3 Å². The zero-order chi connectivity index (χ0) is 22.6. The summed E-state index contributed by atoms with van der Waals surface area (Å²) in [5.74, 6) is 2.22. The second kappa shape index (κ2) is 9.06. The van der Waals surface area contributed by atoms with Crippen LogP contribution in [0.15, 0.2) is 61.1 Å². The summed E-state index contributed by atoms with van der Waals surface area (Å²) >= 11 is 0. The lowest BCUT2D eigenvalue weighted by atomic mass is 9.78. The first kappa shape index (κ1) is 21.3. The Bertz CT molecular complexity index is 1160. The quantitative estimate of drug-likeness (QED) is 0.612. The van der Waals surface area contributed by atoms with Crippen molar-refractivity contribution in [3.63, 3.8) is 0 Å². The van der Waals surface area contributed by atoms with Crippen LogP contribution in [0, 0.1) is 17.8 Å². The summed E-state index contributed by atoms with van der Waals surface area (Å²) < 4.78 is 1.55. The molecule has 0 spiro atoms. The van der Waals surface area contributed by atoms with E-state index >= 15 is 0 Å². The number of pyridine rings is 1. The molecule has 0 saturated carbocycles. The first-order valence-electron chi connectivity index (χ1n) is 10.5. The number of aromatic nitrogens is 3. The maximum absolute atomic E-state index is 13.3. The van der Waals surface area contributed by atoms with Gasteiger partial charge in [0.1, 0.15) is 5.69 Å². The third kappa shape index (κ3) is 4.12. The van der Waals surface area contributed by atoms with Crippen molar-refractivity contribution in [3.05, 3.63) is 72.3 Å². The van der Waals surface area contributed by atoms with Gasteiger partial charge in [-0.3, -0.25) is 19.3 Å². The highest BCUT2D eigenvalue weighted by atomic mass is 16.2. The minimum atomic E-state index is -0.774. The number of rotatable bonds is 6. The van der Waals surface area contributed by atoms with Gasteiger partial charge in [0, 0.05) is 44.3 Å². The molecule has 1 aromatic carbocycles. The van der Waals surface area contributed by atoms with Gasteiger partial charge >= 0.3 is 0 Å². The molecule has 0 unspecified atom stereocenters. The number of nitrogens with one attached hydrogen (secondary N) is 1. The number of aryl methyl sites for hydroxylation is 1. The monoisotopic (exact) mass is 427 g/mol. The maximum atomic E-state index is 13.3. The molecule has 32 heavy (non-hydrogen) atoms. The van der Waals surface area contributed by atoms with Gasteiger partial charge in [0.2, 0.25) is 5.91 Å². The number of amides is 2. The Morgan fingerprint density at radius 3 is 2.75 bits per heavy atom. The van der Waals surface area contributed by atoms with Gasteiger partial charge in [-0.25, -0.2) is 0 Å². The van der Waals surface area contributed by atoms with Crippen LogP contribution in [0.2, 0.25) is 0 Å². The molecule has 7 heteroatoms. The zero-order valence-electron chi connectivity index (χ0n) is 18.0. The highest BCUT2D eigenvalue weighted by Crippen LogP contribution is 2.38. The Hall–Kier alpha value is -3.92. The highest BCUT2D eigenvalue weighted by molar-refractivity contribution is 5.94. The van der Waals surface area contributed by atoms with E-state index in [-0.39, 0.29) is 18.4 Å². The number of terminal acetylenes is 1.